The average Bonchev–Trinajstić information content (AvgIpc) is 2.62. The zero-order chi connectivity index (χ0) is 13.3. The Morgan fingerprint density at radius 2 is 2.17 bits per heavy atom. The highest BCUT2D eigenvalue weighted by Gasteiger charge is 2.18. The van der Waals surface area contributed by atoms with Gasteiger partial charge in [-0.1, -0.05) is 0 Å². The van der Waals surface area contributed by atoms with Crippen LogP contribution in [0.3, 0.4) is 0 Å². The summed E-state index contributed by atoms with van der Waals surface area (Å²) in [5, 5.41) is 7.26. The van der Waals surface area contributed by atoms with Crippen molar-refractivity contribution in [2.75, 3.05) is 0 Å². The van der Waals surface area contributed by atoms with Crippen LogP contribution in [-0.2, 0) is 16.0 Å². The maximum absolute atomic E-state index is 13.7. The van der Waals surface area contributed by atoms with Gasteiger partial charge in [0.1, 0.15) is 11.4 Å². The average molecular weight is 250 g/mol. The second kappa shape index (κ2) is 4.40. The van der Waals surface area contributed by atoms with E-state index in [4.69, 9.17) is 4.74 Å². The summed E-state index contributed by atoms with van der Waals surface area (Å²) in [5.41, 5.74) is 0.367. The van der Waals surface area contributed by atoms with Gasteiger partial charge < -0.3 is 4.74 Å². The molecule has 2 rings (SSSR count). The highest BCUT2D eigenvalue weighted by atomic mass is 19.1. The summed E-state index contributed by atoms with van der Waals surface area (Å²) in [6, 6.07) is 2.94. The number of halogens is 1. The van der Waals surface area contributed by atoms with Crippen molar-refractivity contribution < 1.29 is 13.9 Å². The lowest BCUT2D eigenvalue weighted by molar-refractivity contribution is -0.153. The molecule has 0 spiro atoms. The van der Waals surface area contributed by atoms with E-state index in [1.54, 1.807) is 33.0 Å². The van der Waals surface area contributed by atoms with Gasteiger partial charge in [0.25, 0.3) is 0 Å². The van der Waals surface area contributed by atoms with Crippen molar-refractivity contribution in [1.82, 2.24) is 10.2 Å². The van der Waals surface area contributed by atoms with Crippen molar-refractivity contribution in [3.05, 3.63) is 29.7 Å². The largest absolute Gasteiger partial charge is 0.460 e. The van der Waals surface area contributed by atoms with E-state index in [0.29, 0.717) is 11.1 Å². The minimum Gasteiger partial charge on any atom is -0.460 e. The number of carbonyl (C=O) groups excluding carboxylic acids is 1. The van der Waals surface area contributed by atoms with Crippen LogP contribution in [0.2, 0.25) is 0 Å². The zero-order valence-corrected chi connectivity index (χ0v) is 10.6. The first-order valence-corrected chi connectivity index (χ1v) is 5.68. The van der Waals surface area contributed by atoms with E-state index < -0.39 is 17.4 Å². The van der Waals surface area contributed by atoms with Gasteiger partial charge in [-0.2, -0.15) is 5.10 Å². The van der Waals surface area contributed by atoms with Crippen LogP contribution in [0, 0.1) is 5.82 Å². The number of nitrogens with zero attached hydrogens (tertiary/aromatic N) is 1. The number of benzene rings is 1. The Morgan fingerprint density at radius 3 is 2.83 bits per heavy atom. The van der Waals surface area contributed by atoms with Gasteiger partial charge in [0.2, 0.25) is 0 Å². The Bertz CT molecular complexity index is 584. The van der Waals surface area contributed by atoms with Gasteiger partial charge in [0.05, 0.1) is 18.1 Å². The number of carbonyl (C=O) groups is 1. The molecule has 0 atom stereocenters. The van der Waals surface area contributed by atoms with Crippen LogP contribution in [-0.4, -0.2) is 21.8 Å². The third kappa shape index (κ3) is 2.85. The maximum Gasteiger partial charge on any atom is 0.310 e. The molecule has 0 saturated heterocycles. The Balaban J connectivity index is 2.20. The van der Waals surface area contributed by atoms with E-state index in [9.17, 15) is 9.18 Å². The lowest BCUT2D eigenvalue weighted by atomic mass is 10.1. The number of hydrogen-bond acceptors (Lipinski definition) is 3. The van der Waals surface area contributed by atoms with Gasteiger partial charge in [-0.15, -0.1) is 0 Å². The maximum atomic E-state index is 13.7. The lowest BCUT2D eigenvalue weighted by Crippen LogP contribution is -2.25. The summed E-state index contributed by atoms with van der Waals surface area (Å²) in [4.78, 5) is 11.6. The van der Waals surface area contributed by atoms with Crippen LogP contribution in [0.5, 0.6) is 0 Å². The molecule has 18 heavy (non-hydrogen) atoms. The molecule has 5 heteroatoms. The molecule has 0 amide bonds. The normalized spacial score (nSPS) is 11.8. The van der Waals surface area contributed by atoms with Gasteiger partial charge in [0.15, 0.2) is 0 Å². The molecule has 0 aliphatic heterocycles. The van der Waals surface area contributed by atoms with Gasteiger partial charge in [-0.25, -0.2) is 4.39 Å². The van der Waals surface area contributed by atoms with E-state index in [1.807, 2.05) is 0 Å². The molecule has 1 N–H and O–H groups in total. The molecule has 0 fully saturated rings. The fourth-order valence-corrected chi connectivity index (χ4v) is 1.68. The van der Waals surface area contributed by atoms with Crippen molar-refractivity contribution >= 4 is 16.9 Å². The van der Waals surface area contributed by atoms with E-state index in [0.717, 1.165) is 5.39 Å². The number of hydrogen-bond donors (Lipinski definition) is 1. The van der Waals surface area contributed by atoms with Crippen LogP contribution < -0.4 is 0 Å². The van der Waals surface area contributed by atoms with Gasteiger partial charge in [-0.05, 0) is 38.5 Å². The molecule has 1 aromatic carbocycles. The number of aromatic amines is 1. The number of fused-ring (bicyclic) bond motifs is 1. The van der Waals surface area contributed by atoms with E-state index in [2.05, 4.69) is 10.2 Å². The second-order valence-corrected chi connectivity index (χ2v) is 5.16. The van der Waals surface area contributed by atoms with Gasteiger partial charge in [-0.3, -0.25) is 9.89 Å². The molecule has 0 aliphatic carbocycles. The van der Waals surface area contributed by atoms with E-state index in [1.165, 1.54) is 6.07 Å². The quantitative estimate of drug-likeness (QED) is 0.833. The Morgan fingerprint density at radius 1 is 1.44 bits per heavy atom. The number of esters is 1. The molecule has 2 aromatic rings. The molecule has 1 heterocycles. The van der Waals surface area contributed by atoms with Gasteiger partial charge >= 0.3 is 5.97 Å². The highest BCUT2D eigenvalue weighted by Crippen LogP contribution is 2.18. The highest BCUT2D eigenvalue weighted by molar-refractivity contribution is 5.81. The first kappa shape index (κ1) is 12.5. The first-order chi connectivity index (χ1) is 8.35. The van der Waals surface area contributed by atoms with Gasteiger partial charge in [0, 0.05) is 5.39 Å². The molecule has 96 valence electrons. The predicted molar refractivity (Wildman–Crippen MR) is 65.6 cm³/mol. The van der Waals surface area contributed by atoms with Crippen molar-refractivity contribution in [3.8, 4) is 0 Å². The molecular formula is C13H15FN2O2. The third-order valence-electron chi connectivity index (χ3n) is 2.36. The topological polar surface area (TPSA) is 55.0 Å². The van der Waals surface area contributed by atoms with Crippen molar-refractivity contribution in [2.24, 2.45) is 0 Å². The fraction of sp³-hybridized carbons (Fsp3) is 0.385. The smallest absolute Gasteiger partial charge is 0.310 e. The van der Waals surface area contributed by atoms with Crippen LogP contribution in [0.4, 0.5) is 4.39 Å². The molecule has 0 bridgehead atoms. The van der Waals surface area contributed by atoms with Crippen LogP contribution in [0.15, 0.2) is 18.3 Å². The summed E-state index contributed by atoms with van der Waals surface area (Å²) in [6.45, 7) is 5.33. The monoisotopic (exact) mass is 250 g/mol. The zero-order valence-electron chi connectivity index (χ0n) is 10.6. The summed E-state index contributed by atoms with van der Waals surface area (Å²) < 4.78 is 18.9. The number of aromatic nitrogens is 2. The predicted octanol–water partition coefficient (Wildman–Crippen LogP) is 2.59. The molecule has 0 saturated carbocycles. The fourth-order valence-electron chi connectivity index (χ4n) is 1.68. The van der Waals surface area contributed by atoms with E-state index >= 15 is 0 Å². The molecular weight excluding hydrogens is 235 g/mol. The number of rotatable bonds is 2. The third-order valence-corrected chi connectivity index (χ3v) is 2.36. The van der Waals surface area contributed by atoms with Crippen molar-refractivity contribution in [2.45, 2.75) is 32.8 Å². The summed E-state index contributed by atoms with van der Waals surface area (Å²) in [5.74, 6) is -0.873. The van der Waals surface area contributed by atoms with Crippen molar-refractivity contribution in [3.63, 3.8) is 0 Å². The molecule has 4 nitrogen and oxygen atoms in total. The number of H-pyrrole nitrogens is 1. The molecule has 1 aromatic heterocycles. The van der Waals surface area contributed by atoms with Crippen molar-refractivity contribution in [1.29, 1.82) is 0 Å². The Hall–Kier alpha value is -1.91. The molecule has 0 unspecified atom stereocenters. The first-order valence-electron chi connectivity index (χ1n) is 5.68. The SMILES string of the molecule is CC(C)(C)OC(=O)Cc1cc2cn[nH]c2cc1F. The molecule has 0 radical (unpaired) electrons. The molecule has 0 aliphatic rings. The second-order valence-electron chi connectivity index (χ2n) is 5.16. The number of nitrogens with one attached hydrogen (secondary N) is 1. The van der Waals surface area contributed by atoms with Crippen LogP contribution >= 0.6 is 0 Å². The standard InChI is InChI=1S/C13H15FN2O2/c1-13(2,3)18-12(17)5-8-4-9-7-15-16-11(9)6-10(8)14/h4,6-7H,5H2,1-3H3,(H,15,16). The van der Waals surface area contributed by atoms with E-state index in [-0.39, 0.29) is 6.42 Å². The van der Waals surface area contributed by atoms with Crippen LogP contribution in [0.1, 0.15) is 26.3 Å². The lowest BCUT2D eigenvalue weighted by Gasteiger charge is -2.19. The Labute approximate surface area is 104 Å². The Kier molecular flexibility index (Phi) is 3.07. The summed E-state index contributed by atoms with van der Waals surface area (Å²) in [7, 11) is 0. The number of ether oxygens (including phenoxy) is 1. The van der Waals surface area contributed by atoms with Crippen LogP contribution in [0.25, 0.3) is 10.9 Å². The summed E-state index contributed by atoms with van der Waals surface area (Å²) in [6.07, 6.45) is 1.51. The summed E-state index contributed by atoms with van der Waals surface area (Å²) >= 11 is 0. The minimum atomic E-state index is -0.562. The minimum absolute atomic E-state index is 0.0791.